The molecule has 6 nitrogen and oxygen atoms in total. The van der Waals surface area contributed by atoms with Crippen molar-refractivity contribution in [1.82, 2.24) is 14.5 Å². The Morgan fingerprint density at radius 2 is 2.00 bits per heavy atom. The number of amides is 1. The zero-order chi connectivity index (χ0) is 18.9. The van der Waals surface area contributed by atoms with E-state index in [4.69, 9.17) is 4.84 Å². The van der Waals surface area contributed by atoms with Crippen LogP contribution in [0.4, 0.5) is 0 Å². The number of carbonyl (C=O) groups is 1. The number of rotatable bonds is 4. The van der Waals surface area contributed by atoms with Crippen LogP contribution in [0.3, 0.4) is 0 Å². The lowest BCUT2D eigenvalue weighted by Crippen LogP contribution is -2.50. The van der Waals surface area contributed by atoms with E-state index < -0.39 is 5.60 Å². The molecule has 0 spiro atoms. The fourth-order valence-corrected chi connectivity index (χ4v) is 4.12. The zero-order valence-corrected chi connectivity index (χ0v) is 16.0. The second-order valence-electron chi connectivity index (χ2n) is 7.79. The number of hydrogen-bond acceptors (Lipinski definition) is 4. The summed E-state index contributed by atoms with van der Waals surface area (Å²) in [5, 5.41) is 3.97. The number of piperidine rings is 1. The molecule has 2 aromatic rings. The molecule has 6 heteroatoms. The van der Waals surface area contributed by atoms with Crippen LogP contribution < -0.4 is 0 Å². The average Bonchev–Trinajstić information content (AvgIpc) is 3.29. The Morgan fingerprint density at radius 1 is 1.26 bits per heavy atom. The van der Waals surface area contributed by atoms with Gasteiger partial charge in [-0.15, -0.1) is 0 Å². The highest BCUT2D eigenvalue weighted by Gasteiger charge is 2.44. The highest BCUT2D eigenvalue weighted by Crippen LogP contribution is 2.31. The third-order valence-corrected chi connectivity index (χ3v) is 5.54. The van der Waals surface area contributed by atoms with Crippen molar-refractivity contribution in [2.24, 2.45) is 5.16 Å². The van der Waals surface area contributed by atoms with Gasteiger partial charge < -0.3 is 14.3 Å². The highest BCUT2D eigenvalue weighted by molar-refractivity contribution is 5.94. The zero-order valence-electron chi connectivity index (χ0n) is 16.0. The van der Waals surface area contributed by atoms with Gasteiger partial charge in [-0.1, -0.05) is 35.5 Å². The summed E-state index contributed by atoms with van der Waals surface area (Å²) in [6.07, 6.45) is 6.35. The first-order chi connectivity index (χ1) is 13.0. The lowest BCUT2D eigenvalue weighted by Gasteiger charge is -2.35. The van der Waals surface area contributed by atoms with E-state index in [1.165, 1.54) is 5.56 Å². The summed E-state index contributed by atoms with van der Waals surface area (Å²) in [7, 11) is 0. The second-order valence-corrected chi connectivity index (χ2v) is 7.79. The third-order valence-electron chi connectivity index (χ3n) is 5.54. The van der Waals surface area contributed by atoms with Gasteiger partial charge in [0.15, 0.2) is 0 Å². The van der Waals surface area contributed by atoms with Crippen molar-refractivity contribution in [3.8, 4) is 0 Å². The van der Waals surface area contributed by atoms with Crippen molar-refractivity contribution < 1.29 is 9.63 Å². The minimum atomic E-state index is -0.831. The number of aromatic nitrogens is 2. The van der Waals surface area contributed by atoms with Crippen molar-refractivity contribution in [3.63, 3.8) is 0 Å². The molecule has 2 aliphatic heterocycles. The van der Waals surface area contributed by atoms with Crippen LogP contribution in [-0.2, 0) is 16.2 Å². The molecule has 1 fully saturated rings. The predicted octanol–water partition coefficient (Wildman–Crippen LogP) is 3.19. The van der Waals surface area contributed by atoms with Crippen LogP contribution in [0.25, 0.3) is 0 Å². The molecule has 142 valence electrons. The van der Waals surface area contributed by atoms with E-state index in [0.717, 1.165) is 44.0 Å². The normalized spacial score (nSPS) is 23.2. The van der Waals surface area contributed by atoms with Crippen LogP contribution in [0.1, 0.15) is 50.4 Å². The quantitative estimate of drug-likeness (QED) is 0.835. The van der Waals surface area contributed by atoms with Gasteiger partial charge in [0, 0.05) is 44.4 Å². The molecule has 0 aliphatic carbocycles. The summed E-state index contributed by atoms with van der Waals surface area (Å²) in [6.45, 7) is 6.04. The van der Waals surface area contributed by atoms with Gasteiger partial charge in [0.2, 0.25) is 5.60 Å². The van der Waals surface area contributed by atoms with E-state index in [1.807, 2.05) is 37.2 Å². The number of nitrogens with zero attached hydrogens (tertiary/aromatic N) is 4. The van der Waals surface area contributed by atoms with Gasteiger partial charge in [-0.3, -0.25) is 4.79 Å². The fourth-order valence-electron chi connectivity index (χ4n) is 4.12. The maximum atomic E-state index is 12.9. The highest BCUT2D eigenvalue weighted by atomic mass is 16.7. The Morgan fingerprint density at radius 3 is 2.67 bits per heavy atom. The standard InChI is InChI=1S/C21H26N4O2/c1-16-14-21(2,27-23-16)20(26)24-11-8-18(9-12-24)19-22-10-13-25(19)15-17-6-4-3-5-7-17/h3-7,10,13,18H,8-9,11-12,14-15H2,1-2H3/t21-/m1/s1. The van der Waals surface area contributed by atoms with Gasteiger partial charge >= 0.3 is 0 Å². The Hall–Kier alpha value is -2.63. The first kappa shape index (κ1) is 17.8. The summed E-state index contributed by atoms with van der Waals surface area (Å²) in [5.41, 5.74) is 1.32. The number of likely N-dealkylation sites (tertiary alicyclic amines) is 1. The SMILES string of the molecule is CC1=NO[C@@](C)(C(=O)N2CCC(c3nccn3Cc3ccccc3)CC2)C1. The van der Waals surface area contributed by atoms with E-state index in [0.29, 0.717) is 12.3 Å². The summed E-state index contributed by atoms with van der Waals surface area (Å²) in [6, 6.07) is 10.4. The Labute approximate surface area is 159 Å². The molecule has 0 bridgehead atoms. The van der Waals surface area contributed by atoms with Crippen molar-refractivity contribution >= 4 is 11.6 Å². The Balaban J connectivity index is 1.39. The maximum Gasteiger partial charge on any atom is 0.269 e. The van der Waals surface area contributed by atoms with Crippen molar-refractivity contribution in [1.29, 1.82) is 0 Å². The van der Waals surface area contributed by atoms with Crippen molar-refractivity contribution in [3.05, 3.63) is 54.1 Å². The lowest BCUT2D eigenvalue weighted by atomic mass is 9.92. The fraction of sp³-hybridized carbons (Fsp3) is 0.476. The van der Waals surface area contributed by atoms with E-state index in [1.54, 1.807) is 0 Å². The minimum Gasteiger partial charge on any atom is -0.379 e. The minimum absolute atomic E-state index is 0.0502. The van der Waals surface area contributed by atoms with E-state index in [2.05, 4.69) is 39.0 Å². The van der Waals surface area contributed by atoms with E-state index in [9.17, 15) is 4.79 Å². The lowest BCUT2D eigenvalue weighted by molar-refractivity contribution is -0.154. The number of hydrogen-bond donors (Lipinski definition) is 0. The average molecular weight is 366 g/mol. The second kappa shape index (κ2) is 7.18. The third kappa shape index (κ3) is 3.61. The van der Waals surface area contributed by atoms with Gasteiger partial charge in [-0.25, -0.2) is 4.98 Å². The van der Waals surface area contributed by atoms with Crippen LogP contribution in [-0.4, -0.2) is 44.8 Å². The largest absolute Gasteiger partial charge is 0.379 e. The Kier molecular flexibility index (Phi) is 4.72. The predicted molar refractivity (Wildman–Crippen MR) is 104 cm³/mol. The molecular weight excluding hydrogens is 340 g/mol. The summed E-state index contributed by atoms with van der Waals surface area (Å²) in [4.78, 5) is 24.9. The van der Waals surface area contributed by atoms with Crippen LogP contribution in [0.15, 0.2) is 47.9 Å². The van der Waals surface area contributed by atoms with Gasteiger partial charge in [0.05, 0.1) is 5.71 Å². The van der Waals surface area contributed by atoms with Crippen LogP contribution in [0.5, 0.6) is 0 Å². The number of imidazole rings is 1. The van der Waals surface area contributed by atoms with Crippen molar-refractivity contribution in [2.75, 3.05) is 13.1 Å². The molecule has 27 heavy (non-hydrogen) atoms. The van der Waals surface area contributed by atoms with Gasteiger partial charge in [0.25, 0.3) is 5.91 Å². The molecule has 2 aliphatic rings. The monoisotopic (exact) mass is 366 g/mol. The van der Waals surface area contributed by atoms with Crippen LogP contribution in [0.2, 0.25) is 0 Å². The summed E-state index contributed by atoms with van der Waals surface area (Å²) in [5.74, 6) is 1.55. The number of carbonyl (C=O) groups excluding carboxylic acids is 1. The number of oxime groups is 1. The molecule has 1 saturated heterocycles. The molecule has 0 saturated carbocycles. The molecule has 0 radical (unpaired) electrons. The van der Waals surface area contributed by atoms with Crippen molar-refractivity contribution in [2.45, 2.75) is 51.2 Å². The Bertz CT molecular complexity index is 837. The van der Waals surface area contributed by atoms with Gasteiger partial charge in [-0.2, -0.15) is 0 Å². The number of benzene rings is 1. The first-order valence-electron chi connectivity index (χ1n) is 9.61. The maximum absolute atomic E-state index is 12.9. The van der Waals surface area contributed by atoms with Crippen LogP contribution in [0, 0.1) is 0 Å². The molecule has 1 atom stereocenters. The van der Waals surface area contributed by atoms with Gasteiger partial charge in [-0.05, 0) is 32.3 Å². The van der Waals surface area contributed by atoms with Crippen LogP contribution >= 0.6 is 0 Å². The molecular formula is C21H26N4O2. The van der Waals surface area contributed by atoms with Gasteiger partial charge in [0.1, 0.15) is 5.82 Å². The summed E-state index contributed by atoms with van der Waals surface area (Å²) >= 11 is 0. The first-order valence-corrected chi connectivity index (χ1v) is 9.61. The molecule has 3 heterocycles. The summed E-state index contributed by atoms with van der Waals surface area (Å²) < 4.78 is 2.23. The molecule has 1 amide bonds. The molecule has 0 unspecified atom stereocenters. The van der Waals surface area contributed by atoms with E-state index in [-0.39, 0.29) is 5.91 Å². The van der Waals surface area contributed by atoms with E-state index >= 15 is 0 Å². The molecule has 1 aromatic heterocycles. The molecule has 1 aromatic carbocycles. The molecule has 0 N–H and O–H groups in total. The smallest absolute Gasteiger partial charge is 0.269 e. The molecule has 4 rings (SSSR count). The topological polar surface area (TPSA) is 59.7 Å².